The van der Waals surface area contributed by atoms with E-state index in [1.54, 1.807) is 18.2 Å². The van der Waals surface area contributed by atoms with Crippen molar-refractivity contribution in [1.82, 2.24) is 19.8 Å². The molecule has 1 aliphatic carbocycles. The second kappa shape index (κ2) is 9.00. The molecule has 2 amide bonds. The van der Waals surface area contributed by atoms with Crippen LogP contribution in [0.25, 0.3) is 0 Å². The van der Waals surface area contributed by atoms with Gasteiger partial charge in [-0.15, -0.1) is 0 Å². The van der Waals surface area contributed by atoms with Crippen LogP contribution in [0.4, 0.5) is 0 Å². The Hall–Kier alpha value is -2.02. The molecule has 1 aromatic rings. The summed E-state index contributed by atoms with van der Waals surface area (Å²) in [5.74, 6) is -0.0272. The number of hydrogen-bond donors (Lipinski definition) is 0. The van der Waals surface area contributed by atoms with Gasteiger partial charge in [-0.3, -0.25) is 14.6 Å². The standard InChI is InChI=1S/C23H36N4O3/c1-17-13-25-19(14-24-17)21(29)26(8-6-10-30-5)9-7-20(28)27-16-23(4)12-18(27)11-22(2,3)15-23/h13-14,18H,6-12,15-16H2,1-5H3. The minimum atomic E-state index is -0.181. The van der Waals surface area contributed by atoms with Gasteiger partial charge in [0.05, 0.1) is 11.9 Å². The van der Waals surface area contributed by atoms with Crippen LogP contribution in [0.5, 0.6) is 0 Å². The van der Waals surface area contributed by atoms with E-state index in [0.717, 1.165) is 31.5 Å². The minimum Gasteiger partial charge on any atom is -0.385 e. The first-order valence-electron chi connectivity index (χ1n) is 11.0. The molecule has 2 unspecified atom stereocenters. The largest absolute Gasteiger partial charge is 0.385 e. The first kappa shape index (κ1) is 22.7. The zero-order valence-electron chi connectivity index (χ0n) is 19.1. The van der Waals surface area contributed by atoms with Gasteiger partial charge in [-0.05, 0) is 43.4 Å². The van der Waals surface area contributed by atoms with Crippen molar-refractivity contribution in [2.45, 2.75) is 65.8 Å². The summed E-state index contributed by atoms with van der Waals surface area (Å²) in [7, 11) is 1.65. The molecule has 0 spiro atoms. The van der Waals surface area contributed by atoms with Crippen molar-refractivity contribution in [1.29, 1.82) is 0 Å². The van der Waals surface area contributed by atoms with Crippen molar-refractivity contribution in [2.24, 2.45) is 10.8 Å². The maximum Gasteiger partial charge on any atom is 0.274 e. The molecule has 1 saturated carbocycles. The lowest BCUT2D eigenvalue weighted by molar-refractivity contribution is -0.132. The number of amides is 2. The number of ether oxygens (including phenoxy) is 1. The molecule has 7 heteroatoms. The SMILES string of the molecule is COCCCN(CCC(=O)N1CC2(C)CC1CC(C)(C)C2)C(=O)c1cnc(C)cn1. The first-order valence-corrected chi connectivity index (χ1v) is 11.0. The highest BCUT2D eigenvalue weighted by molar-refractivity contribution is 5.92. The number of hydrogen-bond acceptors (Lipinski definition) is 5. The zero-order valence-corrected chi connectivity index (χ0v) is 19.1. The van der Waals surface area contributed by atoms with Gasteiger partial charge >= 0.3 is 0 Å². The fourth-order valence-electron chi connectivity index (χ4n) is 5.51. The molecule has 2 atom stereocenters. The van der Waals surface area contributed by atoms with E-state index in [9.17, 15) is 9.59 Å². The van der Waals surface area contributed by atoms with Crippen LogP contribution in [-0.4, -0.2) is 71.0 Å². The Morgan fingerprint density at radius 3 is 2.63 bits per heavy atom. The van der Waals surface area contributed by atoms with E-state index in [2.05, 4.69) is 35.6 Å². The fourth-order valence-corrected chi connectivity index (χ4v) is 5.51. The third-order valence-electron chi connectivity index (χ3n) is 6.39. The van der Waals surface area contributed by atoms with Crippen molar-refractivity contribution >= 4 is 11.8 Å². The quantitative estimate of drug-likeness (QED) is 0.609. The number of carbonyl (C=O) groups excluding carboxylic acids is 2. The number of fused-ring (bicyclic) bond motifs is 2. The summed E-state index contributed by atoms with van der Waals surface area (Å²) in [5, 5.41) is 0. The number of aryl methyl sites for hydroxylation is 1. The van der Waals surface area contributed by atoms with Crippen molar-refractivity contribution in [3.05, 3.63) is 23.8 Å². The molecule has 1 aromatic heterocycles. The third-order valence-corrected chi connectivity index (χ3v) is 6.39. The fraction of sp³-hybridized carbons (Fsp3) is 0.739. The number of methoxy groups -OCH3 is 1. The number of likely N-dealkylation sites (tertiary alicyclic amines) is 1. The molecular formula is C23H36N4O3. The van der Waals surface area contributed by atoms with Gasteiger partial charge in [-0.25, -0.2) is 4.98 Å². The summed E-state index contributed by atoms with van der Waals surface area (Å²) in [6.45, 7) is 11.1. The lowest BCUT2D eigenvalue weighted by atomic mass is 9.65. The summed E-state index contributed by atoms with van der Waals surface area (Å²) < 4.78 is 5.14. The van der Waals surface area contributed by atoms with E-state index in [1.807, 2.05) is 6.92 Å². The summed E-state index contributed by atoms with van der Waals surface area (Å²) in [6.07, 6.45) is 7.47. The summed E-state index contributed by atoms with van der Waals surface area (Å²) in [5.41, 5.74) is 1.58. The molecule has 2 fully saturated rings. The third kappa shape index (κ3) is 5.36. The van der Waals surface area contributed by atoms with Crippen LogP contribution in [0.1, 0.15) is 69.1 Å². The topological polar surface area (TPSA) is 75.6 Å². The Kier molecular flexibility index (Phi) is 6.80. The Morgan fingerprint density at radius 1 is 1.20 bits per heavy atom. The Bertz CT molecular complexity index is 764. The average molecular weight is 417 g/mol. The maximum atomic E-state index is 13.1. The predicted molar refractivity (Wildman–Crippen MR) is 115 cm³/mol. The Balaban J connectivity index is 1.64. The molecule has 30 heavy (non-hydrogen) atoms. The van der Waals surface area contributed by atoms with Crippen molar-refractivity contribution in [3.8, 4) is 0 Å². The van der Waals surface area contributed by atoms with Crippen LogP contribution < -0.4 is 0 Å². The summed E-state index contributed by atoms with van der Waals surface area (Å²) in [4.78, 5) is 38.3. The number of nitrogens with zero attached hydrogens (tertiary/aromatic N) is 4. The van der Waals surface area contributed by atoms with Crippen LogP contribution in [-0.2, 0) is 9.53 Å². The Morgan fingerprint density at radius 2 is 1.97 bits per heavy atom. The molecule has 1 saturated heterocycles. The molecule has 166 valence electrons. The molecule has 2 bridgehead atoms. The van der Waals surface area contributed by atoms with Crippen molar-refractivity contribution in [2.75, 3.05) is 33.4 Å². The normalized spacial score (nSPS) is 24.7. The van der Waals surface area contributed by atoms with Gasteiger partial charge < -0.3 is 14.5 Å². The van der Waals surface area contributed by atoms with E-state index in [0.29, 0.717) is 44.3 Å². The Labute approximate surface area is 180 Å². The smallest absolute Gasteiger partial charge is 0.274 e. The highest BCUT2D eigenvalue weighted by Crippen LogP contribution is 2.52. The van der Waals surface area contributed by atoms with Crippen LogP contribution in [0.2, 0.25) is 0 Å². The molecule has 7 nitrogen and oxygen atoms in total. The number of rotatable bonds is 8. The van der Waals surface area contributed by atoms with E-state index in [-0.39, 0.29) is 22.6 Å². The predicted octanol–water partition coefficient (Wildman–Crippen LogP) is 3.08. The molecule has 2 heterocycles. The first-order chi connectivity index (χ1) is 14.1. The van der Waals surface area contributed by atoms with Crippen LogP contribution in [0.3, 0.4) is 0 Å². The summed E-state index contributed by atoms with van der Waals surface area (Å²) in [6, 6.07) is 0.326. The second-order valence-corrected chi connectivity index (χ2v) is 10.2. The number of aromatic nitrogens is 2. The van der Waals surface area contributed by atoms with Crippen LogP contribution in [0, 0.1) is 17.8 Å². The zero-order chi connectivity index (χ0) is 21.9. The lowest BCUT2D eigenvalue weighted by Gasteiger charge is -2.39. The van der Waals surface area contributed by atoms with Crippen LogP contribution >= 0.6 is 0 Å². The van der Waals surface area contributed by atoms with Crippen LogP contribution in [0.15, 0.2) is 12.4 Å². The molecule has 0 radical (unpaired) electrons. The van der Waals surface area contributed by atoms with E-state index < -0.39 is 0 Å². The van der Waals surface area contributed by atoms with E-state index >= 15 is 0 Å². The second-order valence-electron chi connectivity index (χ2n) is 10.2. The van der Waals surface area contributed by atoms with Gasteiger partial charge in [-0.1, -0.05) is 20.8 Å². The molecule has 2 aliphatic rings. The number of carbonyl (C=O) groups is 2. The molecule has 1 aliphatic heterocycles. The lowest BCUT2D eigenvalue weighted by Crippen LogP contribution is -2.40. The molecular weight excluding hydrogens is 380 g/mol. The monoisotopic (exact) mass is 416 g/mol. The highest BCUT2D eigenvalue weighted by Gasteiger charge is 2.50. The van der Waals surface area contributed by atoms with Gasteiger partial charge in [0.15, 0.2) is 0 Å². The van der Waals surface area contributed by atoms with Gasteiger partial charge in [0, 0.05) is 52.0 Å². The molecule has 3 rings (SSSR count). The van der Waals surface area contributed by atoms with Gasteiger partial charge in [0.2, 0.25) is 5.91 Å². The van der Waals surface area contributed by atoms with E-state index in [1.165, 1.54) is 6.20 Å². The van der Waals surface area contributed by atoms with Crippen molar-refractivity contribution < 1.29 is 14.3 Å². The average Bonchev–Trinajstić information content (AvgIpc) is 2.93. The van der Waals surface area contributed by atoms with Gasteiger partial charge in [0.1, 0.15) is 5.69 Å². The van der Waals surface area contributed by atoms with Crippen molar-refractivity contribution in [3.63, 3.8) is 0 Å². The summed E-state index contributed by atoms with van der Waals surface area (Å²) >= 11 is 0. The maximum absolute atomic E-state index is 13.1. The van der Waals surface area contributed by atoms with Gasteiger partial charge in [-0.2, -0.15) is 0 Å². The van der Waals surface area contributed by atoms with E-state index in [4.69, 9.17) is 4.74 Å². The minimum absolute atomic E-state index is 0.154. The van der Waals surface area contributed by atoms with Gasteiger partial charge in [0.25, 0.3) is 5.91 Å². The highest BCUT2D eigenvalue weighted by atomic mass is 16.5. The molecule has 0 aromatic carbocycles. The molecule has 0 N–H and O–H groups in total.